The summed E-state index contributed by atoms with van der Waals surface area (Å²) in [6.07, 6.45) is 20.4. The van der Waals surface area contributed by atoms with E-state index in [0.717, 1.165) is 13.0 Å². The van der Waals surface area contributed by atoms with Crippen molar-refractivity contribution in [3.05, 3.63) is 0 Å². The Balaban J connectivity index is 0. The minimum absolute atomic E-state index is 0.338. The fraction of sp³-hybridized carbons (Fsp3) is 1.00. The Morgan fingerprint density at radius 1 is 0.480 bits per heavy atom. The van der Waals surface area contributed by atoms with Gasteiger partial charge in [-0.05, 0) is 32.4 Å². The third-order valence-corrected chi connectivity index (χ3v) is 4.79. The highest BCUT2D eigenvalue weighted by molar-refractivity contribution is 4.59. The van der Waals surface area contributed by atoms with E-state index in [2.05, 4.69) is 18.7 Å². The Labute approximate surface area is 160 Å². The zero-order valence-electron chi connectivity index (χ0n) is 18.3. The number of aliphatic hydroxyl groups is 1. The third-order valence-electron chi connectivity index (χ3n) is 4.79. The molecule has 0 aromatic rings. The SMILES string of the molecule is CC.CCCCCCCCCCN(CCCO)CCCCCCCC. The maximum Gasteiger partial charge on any atom is 0.0443 e. The molecule has 0 aliphatic heterocycles. The van der Waals surface area contributed by atoms with E-state index in [9.17, 15) is 0 Å². The number of nitrogens with zero attached hydrogens (tertiary/aromatic N) is 1. The van der Waals surface area contributed by atoms with E-state index in [4.69, 9.17) is 5.11 Å². The largest absolute Gasteiger partial charge is 0.396 e. The molecule has 0 bridgehead atoms. The molecule has 0 spiro atoms. The first-order valence-corrected chi connectivity index (χ1v) is 11.7. The van der Waals surface area contributed by atoms with E-state index in [1.165, 1.54) is 103 Å². The lowest BCUT2D eigenvalue weighted by molar-refractivity contribution is 0.217. The van der Waals surface area contributed by atoms with Crippen LogP contribution in [0.15, 0.2) is 0 Å². The van der Waals surface area contributed by atoms with Crippen LogP contribution in [0.3, 0.4) is 0 Å². The summed E-state index contributed by atoms with van der Waals surface area (Å²) in [6.45, 7) is 12.5. The Kier molecular flexibility index (Phi) is 28.4. The van der Waals surface area contributed by atoms with Gasteiger partial charge in [0.1, 0.15) is 0 Å². The molecule has 154 valence electrons. The van der Waals surface area contributed by atoms with Gasteiger partial charge in [-0.15, -0.1) is 0 Å². The summed E-state index contributed by atoms with van der Waals surface area (Å²) in [5.41, 5.74) is 0. The van der Waals surface area contributed by atoms with Gasteiger partial charge in [0.2, 0.25) is 0 Å². The standard InChI is InChI=1S/C21H45NO.C2H6/c1-3-5-7-9-11-12-14-16-19-22(20-17-21-23)18-15-13-10-8-6-4-2;1-2/h23H,3-21H2,1-2H3;1-2H3. The Morgan fingerprint density at radius 2 is 0.800 bits per heavy atom. The molecule has 0 aliphatic carbocycles. The van der Waals surface area contributed by atoms with Gasteiger partial charge in [-0.1, -0.05) is 105 Å². The lowest BCUT2D eigenvalue weighted by Gasteiger charge is -2.22. The molecular formula is C23H51NO. The molecule has 0 rings (SSSR count). The van der Waals surface area contributed by atoms with Gasteiger partial charge < -0.3 is 10.0 Å². The molecule has 0 aliphatic rings. The molecule has 0 unspecified atom stereocenters. The van der Waals surface area contributed by atoms with E-state index < -0.39 is 0 Å². The van der Waals surface area contributed by atoms with Crippen LogP contribution in [0, 0.1) is 0 Å². The summed E-state index contributed by atoms with van der Waals surface area (Å²) < 4.78 is 0. The van der Waals surface area contributed by atoms with Crippen LogP contribution in [0.25, 0.3) is 0 Å². The minimum Gasteiger partial charge on any atom is -0.396 e. The van der Waals surface area contributed by atoms with Gasteiger partial charge in [0, 0.05) is 13.2 Å². The lowest BCUT2D eigenvalue weighted by atomic mass is 10.1. The minimum atomic E-state index is 0.338. The van der Waals surface area contributed by atoms with Crippen LogP contribution in [-0.4, -0.2) is 36.2 Å². The van der Waals surface area contributed by atoms with Crippen LogP contribution in [0.2, 0.25) is 0 Å². The Hall–Kier alpha value is -0.0800. The predicted octanol–water partition coefficient (Wildman–Crippen LogP) is 7.20. The smallest absolute Gasteiger partial charge is 0.0443 e. The van der Waals surface area contributed by atoms with Crippen LogP contribution < -0.4 is 0 Å². The molecule has 1 N–H and O–H groups in total. The summed E-state index contributed by atoms with van der Waals surface area (Å²) >= 11 is 0. The molecular weight excluding hydrogens is 306 g/mol. The van der Waals surface area contributed by atoms with Crippen molar-refractivity contribution in [2.75, 3.05) is 26.2 Å². The zero-order chi connectivity index (χ0) is 19.0. The molecule has 0 fully saturated rings. The topological polar surface area (TPSA) is 23.5 Å². The first kappa shape index (κ1) is 27.1. The highest BCUT2D eigenvalue weighted by Gasteiger charge is 2.04. The highest BCUT2D eigenvalue weighted by Crippen LogP contribution is 2.10. The normalized spacial score (nSPS) is 10.8. The molecule has 0 aromatic heterocycles. The molecule has 2 nitrogen and oxygen atoms in total. The maximum atomic E-state index is 9.07. The molecule has 0 heterocycles. The Morgan fingerprint density at radius 3 is 1.16 bits per heavy atom. The maximum absolute atomic E-state index is 9.07. The second-order valence-corrected chi connectivity index (χ2v) is 7.16. The number of aliphatic hydroxyl groups excluding tert-OH is 1. The van der Waals surface area contributed by atoms with Crippen LogP contribution in [0.1, 0.15) is 124 Å². The number of rotatable bonds is 19. The quantitative estimate of drug-likeness (QED) is 0.247. The van der Waals surface area contributed by atoms with Crippen molar-refractivity contribution in [3.8, 4) is 0 Å². The van der Waals surface area contributed by atoms with Crippen molar-refractivity contribution >= 4 is 0 Å². The zero-order valence-corrected chi connectivity index (χ0v) is 18.3. The van der Waals surface area contributed by atoms with Crippen molar-refractivity contribution in [2.24, 2.45) is 0 Å². The van der Waals surface area contributed by atoms with Gasteiger partial charge in [0.05, 0.1) is 0 Å². The average Bonchev–Trinajstić information content (AvgIpc) is 2.65. The summed E-state index contributed by atoms with van der Waals surface area (Å²) in [4.78, 5) is 2.59. The number of hydrogen-bond donors (Lipinski definition) is 1. The molecule has 25 heavy (non-hydrogen) atoms. The molecule has 0 amide bonds. The number of unbranched alkanes of at least 4 members (excludes halogenated alkanes) is 12. The van der Waals surface area contributed by atoms with Crippen LogP contribution in [0.5, 0.6) is 0 Å². The molecule has 0 atom stereocenters. The van der Waals surface area contributed by atoms with Gasteiger partial charge in [0.15, 0.2) is 0 Å². The third kappa shape index (κ3) is 23.9. The van der Waals surface area contributed by atoms with Crippen LogP contribution in [-0.2, 0) is 0 Å². The van der Waals surface area contributed by atoms with Gasteiger partial charge in [-0.3, -0.25) is 0 Å². The second kappa shape index (κ2) is 26.2. The monoisotopic (exact) mass is 357 g/mol. The van der Waals surface area contributed by atoms with Crippen molar-refractivity contribution in [2.45, 2.75) is 124 Å². The molecule has 0 saturated carbocycles. The lowest BCUT2D eigenvalue weighted by Crippen LogP contribution is -2.27. The van der Waals surface area contributed by atoms with Crippen LogP contribution >= 0.6 is 0 Å². The van der Waals surface area contributed by atoms with Crippen molar-refractivity contribution < 1.29 is 5.11 Å². The van der Waals surface area contributed by atoms with Crippen molar-refractivity contribution in [1.29, 1.82) is 0 Å². The van der Waals surface area contributed by atoms with E-state index >= 15 is 0 Å². The summed E-state index contributed by atoms with van der Waals surface area (Å²) in [5.74, 6) is 0. The van der Waals surface area contributed by atoms with Crippen LogP contribution in [0.4, 0.5) is 0 Å². The van der Waals surface area contributed by atoms with Crippen molar-refractivity contribution in [1.82, 2.24) is 4.90 Å². The van der Waals surface area contributed by atoms with E-state index in [-0.39, 0.29) is 0 Å². The predicted molar refractivity (Wildman–Crippen MR) is 115 cm³/mol. The second-order valence-electron chi connectivity index (χ2n) is 7.16. The summed E-state index contributed by atoms with van der Waals surface area (Å²) in [7, 11) is 0. The first-order valence-electron chi connectivity index (χ1n) is 11.7. The number of hydrogen-bond acceptors (Lipinski definition) is 2. The average molecular weight is 358 g/mol. The van der Waals surface area contributed by atoms with Gasteiger partial charge in [-0.25, -0.2) is 0 Å². The van der Waals surface area contributed by atoms with Gasteiger partial charge in [-0.2, -0.15) is 0 Å². The van der Waals surface area contributed by atoms with E-state index in [0.29, 0.717) is 6.61 Å². The molecule has 0 radical (unpaired) electrons. The highest BCUT2D eigenvalue weighted by atomic mass is 16.3. The summed E-state index contributed by atoms with van der Waals surface area (Å²) in [5, 5.41) is 9.07. The fourth-order valence-corrected chi connectivity index (χ4v) is 3.21. The Bertz CT molecular complexity index is 208. The molecule has 2 heteroatoms. The van der Waals surface area contributed by atoms with E-state index in [1.54, 1.807) is 0 Å². The summed E-state index contributed by atoms with van der Waals surface area (Å²) in [6, 6.07) is 0. The molecule has 0 saturated heterocycles. The van der Waals surface area contributed by atoms with Crippen molar-refractivity contribution in [3.63, 3.8) is 0 Å². The first-order chi connectivity index (χ1) is 12.3. The molecule has 0 aromatic carbocycles. The fourth-order valence-electron chi connectivity index (χ4n) is 3.21. The van der Waals surface area contributed by atoms with Gasteiger partial charge >= 0.3 is 0 Å². The van der Waals surface area contributed by atoms with E-state index in [1.807, 2.05) is 13.8 Å². The van der Waals surface area contributed by atoms with Gasteiger partial charge in [0.25, 0.3) is 0 Å².